The van der Waals surface area contributed by atoms with Gasteiger partial charge in [-0.25, -0.2) is 0 Å². The number of nitrogens with zero attached hydrogens (tertiary/aromatic N) is 2. The number of hydroxylamine groups is 4. The number of hydrogen-bond acceptors (Lipinski definition) is 12. The fourth-order valence-electron chi connectivity index (χ4n) is 2.53. The summed E-state index contributed by atoms with van der Waals surface area (Å²) in [5.41, 5.74) is 0. The molecule has 0 aromatic heterocycles. The van der Waals surface area contributed by atoms with Gasteiger partial charge in [-0.2, -0.15) is 0 Å². The van der Waals surface area contributed by atoms with Crippen LogP contribution >= 0.6 is 0 Å². The number of carbonyl (C=O) groups excluding carboxylic acids is 6. The second-order valence-electron chi connectivity index (χ2n) is 6.51. The van der Waals surface area contributed by atoms with Crippen molar-refractivity contribution in [3.05, 3.63) is 0 Å². The van der Waals surface area contributed by atoms with Gasteiger partial charge in [0.2, 0.25) is 0 Å². The van der Waals surface area contributed by atoms with Gasteiger partial charge in [0, 0.05) is 0 Å². The minimum absolute atomic E-state index is 0.0327. The van der Waals surface area contributed by atoms with Crippen LogP contribution in [0.2, 0.25) is 10.6 Å². The SMILES string of the molecule is O=C(CC[Se]CCC(=O)ON1C(=O)CC(S(=O)(=O)O)C1=O)ON1C(=O)CC(S(=O)(=O)O)C1=O. The molecule has 2 saturated heterocycles. The number of imide groups is 2. The van der Waals surface area contributed by atoms with Gasteiger partial charge < -0.3 is 0 Å². The second kappa shape index (κ2) is 10.2. The molecule has 2 unspecified atom stereocenters. The predicted molar refractivity (Wildman–Crippen MR) is 100 cm³/mol. The quantitative estimate of drug-likeness (QED) is 0.116. The zero-order valence-corrected chi connectivity index (χ0v) is 19.7. The molecule has 0 radical (unpaired) electrons. The van der Waals surface area contributed by atoms with Gasteiger partial charge in [-0.1, -0.05) is 0 Å². The number of hydrogen-bond donors (Lipinski definition) is 2. The Morgan fingerprint density at radius 1 is 0.788 bits per heavy atom. The van der Waals surface area contributed by atoms with Crippen LogP contribution in [0.4, 0.5) is 0 Å². The van der Waals surface area contributed by atoms with Crippen LogP contribution < -0.4 is 0 Å². The molecule has 184 valence electrons. The molecule has 0 bridgehead atoms. The molecule has 2 fully saturated rings. The zero-order chi connectivity index (χ0) is 25.1. The first-order valence-corrected chi connectivity index (χ1v) is 14.2. The Bertz CT molecular complexity index is 1010. The number of carbonyl (C=O) groups is 6. The fraction of sp³-hybridized carbons (Fsp3) is 0.571. The van der Waals surface area contributed by atoms with Crippen molar-refractivity contribution >= 4 is 70.8 Å². The van der Waals surface area contributed by atoms with E-state index in [-0.39, 0.29) is 48.6 Å². The number of amides is 4. The summed E-state index contributed by atoms with van der Waals surface area (Å²) in [6.45, 7) is 0. The molecule has 2 atom stereocenters. The molecule has 0 spiro atoms. The van der Waals surface area contributed by atoms with Gasteiger partial charge >= 0.3 is 192 Å². The van der Waals surface area contributed by atoms with Crippen LogP contribution in [0.15, 0.2) is 0 Å². The van der Waals surface area contributed by atoms with E-state index in [2.05, 4.69) is 9.68 Å². The molecule has 2 aliphatic rings. The summed E-state index contributed by atoms with van der Waals surface area (Å²) in [5.74, 6) is -7.11. The van der Waals surface area contributed by atoms with Crippen LogP contribution in [-0.2, 0) is 58.7 Å². The normalized spacial score (nSPS) is 21.6. The minimum atomic E-state index is -4.84. The molecule has 16 nitrogen and oxygen atoms in total. The molecule has 19 heteroatoms. The molecule has 0 aromatic rings. The van der Waals surface area contributed by atoms with Crippen LogP contribution in [0.5, 0.6) is 0 Å². The molecular formula is C14H16N2O14S2Se. The predicted octanol–water partition coefficient (Wildman–Crippen LogP) is -2.75. The van der Waals surface area contributed by atoms with E-state index in [1.165, 1.54) is 0 Å². The van der Waals surface area contributed by atoms with Crippen molar-refractivity contribution < 1.29 is 64.4 Å². The first-order valence-electron chi connectivity index (χ1n) is 8.78. The molecule has 4 amide bonds. The van der Waals surface area contributed by atoms with Crippen molar-refractivity contribution in [1.82, 2.24) is 10.1 Å². The molecule has 2 rings (SSSR count). The Balaban J connectivity index is 1.70. The summed E-state index contributed by atoms with van der Waals surface area (Å²) in [4.78, 5) is 79.2. The third kappa shape index (κ3) is 6.78. The average Bonchev–Trinajstić information content (AvgIpc) is 3.12. The van der Waals surface area contributed by atoms with E-state index in [0.29, 0.717) is 0 Å². The Morgan fingerprint density at radius 3 is 1.39 bits per heavy atom. The van der Waals surface area contributed by atoms with Crippen molar-refractivity contribution in [3.63, 3.8) is 0 Å². The Hall–Kier alpha value is -2.44. The molecule has 0 aromatic carbocycles. The van der Waals surface area contributed by atoms with Crippen LogP contribution in [0.25, 0.3) is 0 Å². The van der Waals surface area contributed by atoms with Crippen molar-refractivity contribution in [2.75, 3.05) is 0 Å². The summed E-state index contributed by atoms with van der Waals surface area (Å²) in [6, 6.07) is 0. The standard InChI is InChI=1S/C14H16N2O14S2Se/c17-9-5-7(31(23,24)25)13(21)15(9)29-11(19)1-3-33-4-2-12(20)30-16-10(18)6-8(14(16)22)32(26,27)28/h7-8H,1-6H2,(H,23,24,25)(H,26,27,28). The maximum absolute atomic E-state index is 11.8. The van der Waals surface area contributed by atoms with E-state index in [0.717, 1.165) is 0 Å². The first kappa shape index (κ1) is 26.8. The van der Waals surface area contributed by atoms with E-state index in [1.54, 1.807) is 0 Å². The Morgan fingerprint density at radius 2 is 1.12 bits per heavy atom. The van der Waals surface area contributed by atoms with E-state index in [4.69, 9.17) is 9.11 Å². The summed E-state index contributed by atoms with van der Waals surface area (Å²) in [7, 11) is -9.69. The van der Waals surface area contributed by atoms with Gasteiger partial charge in [-0.15, -0.1) is 0 Å². The van der Waals surface area contributed by atoms with E-state index in [1.807, 2.05) is 0 Å². The van der Waals surface area contributed by atoms with Gasteiger partial charge in [0.1, 0.15) is 0 Å². The second-order valence-corrected chi connectivity index (χ2v) is 12.3. The Labute approximate surface area is 192 Å². The van der Waals surface area contributed by atoms with Crippen LogP contribution in [-0.4, -0.2) is 97.1 Å². The molecule has 2 aliphatic heterocycles. The molecule has 33 heavy (non-hydrogen) atoms. The average molecular weight is 579 g/mol. The zero-order valence-electron chi connectivity index (χ0n) is 16.3. The van der Waals surface area contributed by atoms with Crippen molar-refractivity contribution in [3.8, 4) is 0 Å². The van der Waals surface area contributed by atoms with Crippen LogP contribution in [0.1, 0.15) is 25.7 Å². The third-order valence-corrected chi connectivity index (χ3v) is 8.37. The van der Waals surface area contributed by atoms with E-state index in [9.17, 15) is 45.6 Å². The molecular weight excluding hydrogens is 563 g/mol. The van der Waals surface area contributed by atoms with Gasteiger partial charge in [0.05, 0.1) is 0 Å². The van der Waals surface area contributed by atoms with Gasteiger partial charge in [0.15, 0.2) is 0 Å². The number of rotatable bonds is 10. The van der Waals surface area contributed by atoms with Crippen LogP contribution in [0, 0.1) is 0 Å². The summed E-state index contributed by atoms with van der Waals surface area (Å²) < 4.78 is 61.9. The summed E-state index contributed by atoms with van der Waals surface area (Å²) in [5, 5.41) is -3.85. The molecule has 0 saturated carbocycles. The Kier molecular flexibility index (Phi) is 8.31. The maximum atomic E-state index is 11.8. The topological polar surface area (TPSA) is 236 Å². The summed E-state index contributed by atoms with van der Waals surface area (Å²) in [6.07, 6.45) is -2.35. The molecule has 2 heterocycles. The van der Waals surface area contributed by atoms with Crippen molar-refractivity contribution in [2.45, 2.75) is 46.8 Å². The molecule has 2 N–H and O–H groups in total. The van der Waals surface area contributed by atoms with Crippen LogP contribution in [0.3, 0.4) is 0 Å². The van der Waals surface area contributed by atoms with Crippen molar-refractivity contribution in [2.24, 2.45) is 0 Å². The monoisotopic (exact) mass is 580 g/mol. The van der Waals surface area contributed by atoms with Gasteiger partial charge in [-0.3, -0.25) is 0 Å². The fourth-order valence-corrected chi connectivity index (χ4v) is 5.67. The van der Waals surface area contributed by atoms with E-state index < -0.39 is 79.1 Å². The van der Waals surface area contributed by atoms with Gasteiger partial charge in [-0.05, 0) is 0 Å². The third-order valence-electron chi connectivity index (χ3n) is 4.13. The van der Waals surface area contributed by atoms with E-state index >= 15 is 0 Å². The molecule has 0 aliphatic carbocycles. The summed E-state index contributed by atoms with van der Waals surface area (Å²) >= 11 is -0.385. The van der Waals surface area contributed by atoms with Gasteiger partial charge in [0.25, 0.3) is 0 Å². The first-order chi connectivity index (χ1) is 15.1. The van der Waals surface area contributed by atoms with Crippen molar-refractivity contribution in [1.29, 1.82) is 0 Å².